The Morgan fingerprint density at radius 3 is 2.75 bits per heavy atom. The van der Waals surface area contributed by atoms with Crippen LogP contribution in [0.4, 0.5) is 0 Å². The summed E-state index contributed by atoms with van der Waals surface area (Å²) in [6.45, 7) is 3.35. The summed E-state index contributed by atoms with van der Waals surface area (Å²) in [6.07, 6.45) is 5.84. The molecule has 1 saturated carbocycles. The van der Waals surface area contributed by atoms with Crippen LogP contribution in [0.15, 0.2) is 0 Å². The van der Waals surface area contributed by atoms with Crippen LogP contribution in [0.5, 0.6) is 0 Å². The minimum atomic E-state index is 0.576. The molecule has 70 valence electrons. The highest BCUT2D eigenvalue weighted by molar-refractivity contribution is 9.09. The first kappa shape index (κ1) is 9.01. The number of ether oxygens (including phenoxy) is 1. The SMILES string of the molecule is CC1CC1(CBr)C[C@@H]1CCCO1. The molecule has 0 aromatic rings. The molecule has 0 radical (unpaired) electrons. The average Bonchev–Trinajstić information content (AvgIpc) is 2.51. The second-order valence-corrected chi connectivity index (χ2v) is 5.00. The second kappa shape index (κ2) is 3.30. The lowest BCUT2D eigenvalue weighted by molar-refractivity contribution is 0.0870. The van der Waals surface area contributed by atoms with E-state index in [9.17, 15) is 0 Å². The summed E-state index contributed by atoms with van der Waals surface area (Å²) in [5, 5.41) is 1.17. The van der Waals surface area contributed by atoms with Crippen molar-refractivity contribution in [1.82, 2.24) is 0 Å². The topological polar surface area (TPSA) is 9.23 Å². The van der Waals surface area contributed by atoms with E-state index in [0.717, 1.165) is 12.5 Å². The van der Waals surface area contributed by atoms with Crippen molar-refractivity contribution in [2.24, 2.45) is 11.3 Å². The van der Waals surface area contributed by atoms with Crippen molar-refractivity contribution in [3.8, 4) is 0 Å². The third-order valence-electron chi connectivity index (χ3n) is 3.52. The summed E-state index contributed by atoms with van der Waals surface area (Å²) in [4.78, 5) is 0. The lowest BCUT2D eigenvalue weighted by atomic mass is 9.97. The zero-order valence-corrected chi connectivity index (χ0v) is 9.27. The van der Waals surface area contributed by atoms with Crippen molar-refractivity contribution in [1.29, 1.82) is 0 Å². The molecule has 1 saturated heterocycles. The van der Waals surface area contributed by atoms with Crippen molar-refractivity contribution in [2.45, 2.75) is 38.7 Å². The quantitative estimate of drug-likeness (QED) is 0.681. The van der Waals surface area contributed by atoms with Gasteiger partial charge >= 0.3 is 0 Å². The highest BCUT2D eigenvalue weighted by Crippen LogP contribution is 2.57. The van der Waals surface area contributed by atoms with E-state index in [-0.39, 0.29) is 0 Å². The van der Waals surface area contributed by atoms with Crippen LogP contribution in [0.1, 0.15) is 32.6 Å². The van der Waals surface area contributed by atoms with Crippen molar-refractivity contribution < 1.29 is 4.74 Å². The maximum Gasteiger partial charge on any atom is 0.0581 e. The summed E-state index contributed by atoms with van der Waals surface area (Å²) in [5.41, 5.74) is 0.606. The molecule has 1 heterocycles. The lowest BCUT2D eigenvalue weighted by Crippen LogP contribution is -2.16. The van der Waals surface area contributed by atoms with Gasteiger partial charge in [0.2, 0.25) is 0 Å². The van der Waals surface area contributed by atoms with Gasteiger partial charge in [-0.05, 0) is 37.0 Å². The van der Waals surface area contributed by atoms with Crippen LogP contribution in [0.2, 0.25) is 0 Å². The Balaban J connectivity index is 1.85. The van der Waals surface area contributed by atoms with Crippen LogP contribution in [0.25, 0.3) is 0 Å². The molecule has 1 aliphatic heterocycles. The first-order chi connectivity index (χ1) is 5.77. The fourth-order valence-corrected chi connectivity index (χ4v) is 3.35. The molecule has 3 atom stereocenters. The standard InChI is InChI=1S/C10H17BrO/c1-8-5-10(8,7-11)6-9-3-2-4-12-9/h8-9H,2-7H2,1H3/t8?,9-,10?/m0/s1. The average molecular weight is 233 g/mol. The van der Waals surface area contributed by atoms with E-state index in [0.29, 0.717) is 11.5 Å². The highest BCUT2D eigenvalue weighted by atomic mass is 79.9. The Morgan fingerprint density at radius 2 is 2.33 bits per heavy atom. The van der Waals surface area contributed by atoms with Gasteiger partial charge in [0, 0.05) is 11.9 Å². The molecule has 0 N–H and O–H groups in total. The van der Waals surface area contributed by atoms with Crippen molar-refractivity contribution in [3.05, 3.63) is 0 Å². The van der Waals surface area contributed by atoms with Crippen molar-refractivity contribution >= 4 is 15.9 Å². The first-order valence-electron chi connectivity index (χ1n) is 4.94. The minimum absolute atomic E-state index is 0.576. The number of hydrogen-bond acceptors (Lipinski definition) is 1. The van der Waals surface area contributed by atoms with Crippen LogP contribution in [0.3, 0.4) is 0 Å². The zero-order chi connectivity index (χ0) is 8.60. The first-order valence-corrected chi connectivity index (χ1v) is 6.06. The van der Waals surface area contributed by atoms with Gasteiger partial charge in [0.15, 0.2) is 0 Å². The maximum absolute atomic E-state index is 5.66. The Hall–Kier alpha value is 0.440. The van der Waals surface area contributed by atoms with E-state index in [1.165, 1.54) is 31.0 Å². The molecule has 0 aromatic carbocycles. The van der Waals surface area contributed by atoms with Gasteiger partial charge in [-0.3, -0.25) is 0 Å². The number of halogens is 1. The number of alkyl halides is 1. The fraction of sp³-hybridized carbons (Fsp3) is 1.00. The van der Waals surface area contributed by atoms with Crippen LogP contribution in [-0.4, -0.2) is 18.0 Å². The van der Waals surface area contributed by atoms with Gasteiger partial charge in [0.05, 0.1) is 6.10 Å². The number of rotatable bonds is 3. The molecule has 2 aliphatic rings. The molecule has 2 unspecified atom stereocenters. The number of hydrogen-bond donors (Lipinski definition) is 0. The summed E-state index contributed by atoms with van der Waals surface area (Å²) < 4.78 is 5.66. The van der Waals surface area contributed by atoms with Gasteiger partial charge in [-0.1, -0.05) is 22.9 Å². The molecule has 0 bridgehead atoms. The van der Waals surface area contributed by atoms with E-state index < -0.39 is 0 Å². The van der Waals surface area contributed by atoms with E-state index >= 15 is 0 Å². The van der Waals surface area contributed by atoms with Crippen molar-refractivity contribution in [2.75, 3.05) is 11.9 Å². The van der Waals surface area contributed by atoms with Crippen molar-refractivity contribution in [3.63, 3.8) is 0 Å². The zero-order valence-electron chi connectivity index (χ0n) is 7.68. The van der Waals surface area contributed by atoms with Gasteiger partial charge in [-0.25, -0.2) is 0 Å². The third kappa shape index (κ3) is 1.56. The predicted octanol–water partition coefficient (Wildman–Crippen LogP) is 2.98. The molecule has 2 heteroatoms. The molecule has 0 spiro atoms. The normalized spacial score (nSPS) is 46.5. The predicted molar refractivity (Wildman–Crippen MR) is 53.6 cm³/mol. The summed E-state index contributed by atoms with van der Waals surface area (Å²) >= 11 is 3.63. The van der Waals surface area contributed by atoms with Crippen LogP contribution in [-0.2, 0) is 4.74 Å². The van der Waals surface area contributed by atoms with Gasteiger partial charge < -0.3 is 4.74 Å². The largest absolute Gasteiger partial charge is 0.378 e. The van der Waals surface area contributed by atoms with E-state index in [1.807, 2.05) is 0 Å². The highest BCUT2D eigenvalue weighted by Gasteiger charge is 2.51. The molecule has 2 rings (SSSR count). The molecule has 2 fully saturated rings. The van der Waals surface area contributed by atoms with Gasteiger partial charge in [0.25, 0.3) is 0 Å². The van der Waals surface area contributed by atoms with Crippen LogP contribution < -0.4 is 0 Å². The van der Waals surface area contributed by atoms with Gasteiger partial charge in [-0.15, -0.1) is 0 Å². The smallest absolute Gasteiger partial charge is 0.0581 e. The second-order valence-electron chi connectivity index (χ2n) is 4.44. The monoisotopic (exact) mass is 232 g/mol. The maximum atomic E-state index is 5.66. The third-order valence-corrected chi connectivity index (χ3v) is 4.64. The minimum Gasteiger partial charge on any atom is -0.378 e. The molecular formula is C10H17BrO. The Kier molecular flexibility index (Phi) is 2.48. The Labute approximate surface area is 83.0 Å². The van der Waals surface area contributed by atoms with E-state index in [4.69, 9.17) is 4.74 Å². The Bertz CT molecular complexity index is 161. The lowest BCUT2D eigenvalue weighted by Gasteiger charge is -2.17. The molecular weight excluding hydrogens is 216 g/mol. The van der Waals surface area contributed by atoms with Gasteiger partial charge in [-0.2, -0.15) is 0 Å². The van der Waals surface area contributed by atoms with E-state index in [2.05, 4.69) is 22.9 Å². The van der Waals surface area contributed by atoms with Crippen LogP contribution >= 0.6 is 15.9 Å². The summed E-state index contributed by atoms with van der Waals surface area (Å²) in [7, 11) is 0. The molecule has 1 nitrogen and oxygen atoms in total. The van der Waals surface area contributed by atoms with E-state index in [1.54, 1.807) is 0 Å². The Morgan fingerprint density at radius 1 is 1.58 bits per heavy atom. The van der Waals surface area contributed by atoms with Gasteiger partial charge in [0.1, 0.15) is 0 Å². The summed E-state index contributed by atoms with van der Waals surface area (Å²) in [5.74, 6) is 0.918. The molecule has 1 aliphatic carbocycles. The molecule has 0 aromatic heterocycles. The van der Waals surface area contributed by atoms with Crippen LogP contribution in [0, 0.1) is 11.3 Å². The molecule has 0 amide bonds. The molecule has 12 heavy (non-hydrogen) atoms. The summed E-state index contributed by atoms with van der Waals surface area (Å²) in [6, 6.07) is 0. The fourth-order valence-electron chi connectivity index (χ4n) is 2.33.